The van der Waals surface area contributed by atoms with Crippen LogP contribution in [0.3, 0.4) is 0 Å². The zero-order chi connectivity index (χ0) is 17.6. The average Bonchev–Trinajstić information content (AvgIpc) is 2.91. The summed E-state index contributed by atoms with van der Waals surface area (Å²) >= 11 is 0. The van der Waals surface area contributed by atoms with Crippen LogP contribution in [-0.2, 0) is 10.2 Å². The lowest BCUT2D eigenvalue weighted by Gasteiger charge is -2.30. The molecule has 0 saturated carbocycles. The van der Waals surface area contributed by atoms with E-state index in [0.29, 0.717) is 12.5 Å². The van der Waals surface area contributed by atoms with E-state index in [1.54, 1.807) is 0 Å². The van der Waals surface area contributed by atoms with Crippen molar-refractivity contribution < 1.29 is 9.32 Å². The van der Waals surface area contributed by atoms with Gasteiger partial charge < -0.3 is 15.2 Å². The number of hydrogen-bond donors (Lipinski definition) is 1. The summed E-state index contributed by atoms with van der Waals surface area (Å²) in [4.78, 5) is 15.1. The molecule has 2 N–H and O–H groups in total. The van der Waals surface area contributed by atoms with Crippen LogP contribution < -0.4 is 5.73 Å². The Kier molecular flexibility index (Phi) is 6.16. The number of amides is 1. The van der Waals surface area contributed by atoms with Gasteiger partial charge in [0, 0.05) is 24.7 Å². The maximum Gasteiger partial charge on any atom is 0.232 e. The van der Waals surface area contributed by atoms with Crippen molar-refractivity contribution in [1.82, 2.24) is 10.1 Å². The zero-order valence-electron chi connectivity index (χ0n) is 16.0. The molecule has 1 saturated heterocycles. The monoisotopic (exact) mass is 357 g/mol. The van der Waals surface area contributed by atoms with E-state index in [1.165, 1.54) is 0 Å². The van der Waals surface area contributed by atoms with Gasteiger partial charge in [-0.15, -0.1) is 12.4 Å². The highest BCUT2D eigenvalue weighted by Gasteiger charge is 2.43. The van der Waals surface area contributed by atoms with Crippen LogP contribution in [-0.4, -0.2) is 35.1 Å². The first-order chi connectivity index (χ1) is 10.4. The summed E-state index contributed by atoms with van der Waals surface area (Å²) in [6, 6.07) is 0.0543. The van der Waals surface area contributed by atoms with Crippen LogP contribution in [0, 0.1) is 25.2 Å². The fraction of sp³-hybridized carbons (Fsp3) is 0.778. The molecule has 24 heavy (non-hydrogen) atoms. The van der Waals surface area contributed by atoms with Gasteiger partial charge in [0.1, 0.15) is 5.76 Å². The smallest absolute Gasteiger partial charge is 0.232 e. The van der Waals surface area contributed by atoms with Crippen LogP contribution in [0.25, 0.3) is 0 Å². The molecule has 6 heteroatoms. The van der Waals surface area contributed by atoms with E-state index in [2.05, 4.69) is 25.9 Å². The second-order valence-electron chi connectivity index (χ2n) is 8.72. The highest BCUT2D eigenvalue weighted by Crippen LogP contribution is 2.35. The molecule has 2 atom stereocenters. The molecule has 0 bridgehead atoms. The average molecular weight is 358 g/mol. The Morgan fingerprint density at radius 3 is 2.29 bits per heavy atom. The van der Waals surface area contributed by atoms with Crippen molar-refractivity contribution in [2.75, 3.05) is 13.1 Å². The third kappa shape index (κ3) is 4.12. The molecule has 0 spiro atoms. The summed E-state index contributed by atoms with van der Waals surface area (Å²) < 4.78 is 5.26. The summed E-state index contributed by atoms with van der Waals surface area (Å²) in [5.74, 6) is 1.19. The maximum atomic E-state index is 13.1. The number of halogens is 1. The van der Waals surface area contributed by atoms with Crippen molar-refractivity contribution in [3.63, 3.8) is 0 Å². The van der Waals surface area contributed by atoms with Crippen molar-refractivity contribution in [2.24, 2.45) is 17.1 Å². The standard InChI is InChI=1S/C18H31N3O2.ClH/c1-11-15(12(2)23-20-11)18(6,7)16(22)21-9-13(14(19)10-21)8-17(3,4)5;/h13-14H,8-10,19H2,1-7H3;1H/t13-,14-;/m1./s1. The maximum absolute atomic E-state index is 13.1. The minimum Gasteiger partial charge on any atom is -0.361 e. The lowest BCUT2D eigenvalue weighted by atomic mass is 9.81. The molecular weight excluding hydrogens is 326 g/mol. The van der Waals surface area contributed by atoms with Crippen LogP contribution in [0.15, 0.2) is 4.52 Å². The molecule has 2 rings (SSSR count). The molecule has 1 amide bonds. The van der Waals surface area contributed by atoms with Crippen LogP contribution in [0.2, 0.25) is 0 Å². The molecule has 0 aromatic carbocycles. The van der Waals surface area contributed by atoms with Crippen LogP contribution in [0.5, 0.6) is 0 Å². The quantitative estimate of drug-likeness (QED) is 0.901. The fourth-order valence-corrected chi connectivity index (χ4v) is 3.94. The van der Waals surface area contributed by atoms with Gasteiger partial charge in [0.15, 0.2) is 0 Å². The number of carbonyl (C=O) groups excluding carboxylic acids is 1. The predicted molar refractivity (Wildman–Crippen MR) is 98.4 cm³/mol. The fourth-order valence-electron chi connectivity index (χ4n) is 3.94. The van der Waals surface area contributed by atoms with Gasteiger partial charge in [-0.2, -0.15) is 0 Å². The number of aromatic nitrogens is 1. The Hall–Kier alpha value is -1.07. The summed E-state index contributed by atoms with van der Waals surface area (Å²) in [5, 5.41) is 4.00. The molecule has 0 unspecified atom stereocenters. The van der Waals surface area contributed by atoms with Gasteiger partial charge in [0.05, 0.1) is 11.1 Å². The van der Waals surface area contributed by atoms with E-state index in [0.717, 1.165) is 30.0 Å². The molecule has 1 aliphatic rings. The number of nitrogens with two attached hydrogens (primary N) is 1. The normalized spacial score (nSPS) is 21.8. The summed E-state index contributed by atoms with van der Waals surface area (Å²) in [6.45, 7) is 15.7. The second-order valence-corrected chi connectivity index (χ2v) is 8.72. The molecule has 1 aromatic heterocycles. The predicted octanol–water partition coefficient (Wildman–Crippen LogP) is 3.21. The van der Waals surface area contributed by atoms with E-state index >= 15 is 0 Å². The SMILES string of the molecule is Cc1noc(C)c1C(C)(C)C(=O)N1C[C@@H](CC(C)(C)C)[C@H](N)C1.Cl. The van der Waals surface area contributed by atoms with Gasteiger partial charge in [0.25, 0.3) is 0 Å². The summed E-state index contributed by atoms with van der Waals surface area (Å²) in [6.07, 6.45) is 1.03. The zero-order valence-corrected chi connectivity index (χ0v) is 16.8. The minimum atomic E-state index is -0.648. The highest BCUT2D eigenvalue weighted by molar-refractivity contribution is 5.88. The van der Waals surface area contributed by atoms with Crippen molar-refractivity contribution in [3.05, 3.63) is 17.0 Å². The third-order valence-corrected chi connectivity index (χ3v) is 4.85. The molecule has 1 fully saturated rings. The van der Waals surface area contributed by atoms with Crippen LogP contribution in [0.1, 0.15) is 58.1 Å². The Morgan fingerprint density at radius 1 is 1.25 bits per heavy atom. The second kappa shape index (κ2) is 7.04. The van der Waals surface area contributed by atoms with Gasteiger partial charge in [-0.25, -0.2) is 0 Å². The van der Waals surface area contributed by atoms with Crippen LogP contribution in [0.4, 0.5) is 0 Å². The first kappa shape index (κ1) is 21.0. The number of rotatable bonds is 3. The first-order valence-corrected chi connectivity index (χ1v) is 8.42. The Morgan fingerprint density at radius 2 is 1.83 bits per heavy atom. The summed E-state index contributed by atoms with van der Waals surface area (Å²) in [5.41, 5.74) is 7.57. The lowest BCUT2D eigenvalue weighted by Crippen LogP contribution is -2.43. The Labute approximate surface area is 151 Å². The largest absolute Gasteiger partial charge is 0.361 e. The minimum absolute atomic E-state index is 0. The van der Waals surface area contributed by atoms with E-state index in [1.807, 2.05) is 32.6 Å². The van der Waals surface area contributed by atoms with Crippen molar-refractivity contribution in [2.45, 2.75) is 66.3 Å². The van der Waals surface area contributed by atoms with Crippen molar-refractivity contribution in [3.8, 4) is 0 Å². The van der Waals surface area contributed by atoms with Gasteiger partial charge >= 0.3 is 0 Å². The molecule has 1 aliphatic heterocycles. The van der Waals surface area contributed by atoms with Crippen LogP contribution >= 0.6 is 12.4 Å². The molecule has 1 aromatic rings. The molecule has 0 radical (unpaired) electrons. The first-order valence-electron chi connectivity index (χ1n) is 8.42. The highest BCUT2D eigenvalue weighted by atomic mass is 35.5. The van der Waals surface area contributed by atoms with Gasteiger partial charge in [-0.05, 0) is 45.4 Å². The molecule has 138 valence electrons. The van der Waals surface area contributed by atoms with Crippen molar-refractivity contribution in [1.29, 1.82) is 0 Å². The van der Waals surface area contributed by atoms with Crippen molar-refractivity contribution >= 4 is 18.3 Å². The molecule has 0 aliphatic carbocycles. The van der Waals surface area contributed by atoms with E-state index in [-0.39, 0.29) is 29.8 Å². The van der Waals surface area contributed by atoms with Gasteiger partial charge in [-0.1, -0.05) is 25.9 Å². The van der Waals surface area contributed by atoms with Gasteiger partial charge in [0.2, 0.25) is 5.91 Å². The Bertz CT molecular complexity index is 570. The number of carbonyl (C=O) groups is 1. The lowest BCUT2D eigenvalue weighted by molar-refractivity contribution is -0.135. The number of hydrogen-bond acceptors (Lipinski definition) is 4. The summed E-state index contributed by atoms with van der Waals surface area (Å²) in [7, 11) is 0. The molecule has 2 heterocycles. The van der Waals surface area contributed by atoms with E-state index in [4.69, 9.17) is 10.3 Å². The molecular formula is C18H32ClN3O2. The Balaban J connectivity index is 0.00000288. The topological polar surface area (TPSA) is 72.4 Å². The van der Waals surface area contributed by atoms with E-state index < -0.39 is 5.41 Å². The third-order valence-electron chi connectivity index (χ3n) is 4.85. The number of likely N-dealkylation sites (tertiary alicyclic amines) is 1. The van der Waals surface area contributed by atoms with Gasteiger partial charge in [-0.3, -0.25) is 4.79 Å². The number of nitrogens with zero attached hydrogens (tertiary/aromatic N) is 2. The van der Waals surface area contributed by atoms with E-state index in [9.17, 15) is 4.79 Å². The molecule has 5 nitrogen and oxygen atoms in total. The number of aryl methyl sites for hydroxylation is 2.